The van der Waals surface area contributed by atoms with Gasteiger partial charge in [-0.15, -0.1) is 0 Å². The van der Waals surface area contributed by atoms with Crippen molar-refractivity contribution in [2.45, 2.75) is 32.4 Å². The molecule has 0 bridgehead atoms. The SMILES string of the molecule is Cc1cc(Nc2nccn3c(-c4ccc(OC(F)F)cc4)cnc23)ccc1C(=O)N1CCN(C(=O)[C@H](N)CCC(=O)O)CC1. The summed E-state index contributed by atoms with van der Waals surface area (Å²) in [6.45, 7) is 0.253. The summed E-state index contributed by atoms with van der Waals surface area (Å²) in [5.41, 5.74) is 9.87. The average molecular weight is 608 g/mol. The lowest BCUT2D eigenvalue weighted by atomic mass is 10.1. The van der Waals surface area contributed by atoms with Gasteiger partial charge in [0.2, 0.25) is 5.91 Å². The second-order valence-corrected chi connectivity index (χ2v) is 10.3. The number of anilines is 2. The molecule has 2 aromatic heterocycles. The first-order valence-electron chi connectivity index (χ1n) is 13.9. The molecule has 12 nitrogen and oxygen atoms in total. The van der Waals surface area contributed by atoms with Crippen LogP contribution < -0.4 is 15.8 Å². The molecular formula is C30H31F2N7O5. The molecule has 4 aromatic rings. The Labute approximate surface area is 251 Å². The molecule has 1 fully saturated rings. The smallest absolute Gasteiger partial charge is 0.387 e. The first-order chi connectivity index (χ1) is 21.1. The largest absolute Gasteiger partial charge is 0.481 e. The molecule has 5 rings (SSSR count). The Kier molecular flexibility index (Phi) is 8.99. The number of fused-ring (bicyclic) bond motifs is 1. The second-order valence-electron chi connectivity index (χ2n) is 10.3. The topological polar surface area (TPSA) is 155 Å². The fraction of sp³-hybridized carbons (Fsp3) is 0.300. The molecule has 44 heavy (non-hydrogen) atoms. The number of hydrogen-bond donors (Lipinski definition) is 3. The number of nitrogens with two attached hydrogens (primary N) is 1. The summed E-state index contributed by atoms with van der Waals surface area (Å²) in [6, 6.07) is 10.7. The molecule has 1 saturated heterocycles. The van der Waals surface area contributed by atoms with Gasteiger partial charge in [0.05, 0.1) is 17.9 Å². The van der Waals surface area contributed by atoms with Crippen molar-refractivity contribution in [3.8, 4) is 17.0 Å². The van der Waals surface area contributed by atoms with Gasteiger partial charge in [0.15, 0.2) is 11.5 Å². The Morgan fingerprint density at radius 1 is 1.05 bits per heavy atom. The van der Waals surface area contributed by atoms with Crippen molar-refractivity contribution in [1.29, 1.82) is 0 Å². The van der Waals surface area contributed by atoms with Crippen LogP contribution in [-0.4, -0.2) is 85.9 Å². The summed E-state index contributed by atoms with van der Waals surface area (Å²) < 4.78 is 31.2. The number of imidazole rings is 1. The number of amides is 2. The van der Waals surface area contributed by atoms with E-state index in [-0.39, 0.29) is 30.4 Å². The highest BCUT2D eigenvalue weighted by Crippen LogP contribution is 2.28. The zero-order valence-corrected chi connectivity index (χ0v) is 23.8. The van der Waals surface area contributed by atoms with E-state index in [1.54, 1.807) is 52.7 Å². The standard InChI is InChI=1S/C30H31F2N7O5/c1-18-16-20(4-7-22(18)28(42)37-12-14-38(15-13-37)29(43)23(33)8-9-25(40)41)36-26-27-35-17-24(39(27)11-10-34-26)19-2-5-21(6-3-19)44-30(31)32/h2-7,10-11,16-17,23,30H,8-9,12-15,33H2,1H3,(H,34,36)(H,40,41)/t23-/m1/s1. The maximum absolute atomic E-state index is 13.3. The number of rotatable bonds is 10. The number of carboxylic acids is 1. The molecular weight excluding hydrogens is 576 g/mol. The van der Waals surface area contributed by atoms with Gasteiger partial charge in [0, 0.05) is 61.8 Å². The number of alkyl halides is 2. The molecule has 0 spiro atoms. The summed E-state index contributed by atoms with van der Waals surface area (Å²) in [5, 5.41) is 12.1. The maximum atomic E-state index is 13.3. The zero-order valence-electron chi connectivity index (χ0n) is 23.8. The molecule has 1 aliphatic heterocycles. The first kappa shape index (κ1) is 30.4. The number of benzene rings is 2. The van der Waals surface area contributed by atoms with Crippen LogP contribution in [0.5, 0.6) is 5.75 Å². The van der Waals surface area contributed by atoms with Gasteiger partial charge in [0.25, 0.3) is 5.91 Å². The Morgan fingerprint density at radius 3 is 2.41 bits per heavy atom. The molecule has 2 amide bonds. The van der Waals surface area contributed by atoms with Gasteiger partial charge < -0.3 is 30.7 Å². The minimum Gasteiger partial charge on any atom is -0.481 e. The van der Waals surface area contributed by atoms with Crippen molar-refractivity contribution in [2.75, 3.05) is 31.5 Å². The predicted molar refractivity (Wildman–Crippen MR) is 157 cm³/mol. The lowest BCUT2D eigenvalue weighted by Crippen LogP contribution is -2.54. The van der Waals surface area contributed by atoms with Gasteiger partial charge in [-0.2, -0.15) is 8.78 Å². The maximum Gasteiger partial charge on any atom is 0.387 e. The third-order valence-electron chi connectivity index (χ3n) is 7.39. The fourth-order valence-electron chi connectivity index (χ4n) is 5.08. The van der Waals surface area contributed by atoms with E-state index in [9.17, 15) is 23.2 Å². The van der Waals surface area contributed by atoms with E-state index in [1.807, 2.05) is 17.4 Å². The molecule has 0 radical (unpaired) electrons. The molecule has 3 heterocycles. The van der Waals surface area contributed by atoms with Crippen molar-refractivity contribution >= 4 is 34.9 Å². The van der Waals surface area contributed by atoms with Crippen molar-refractivity contribution < 1.29 is 33.0 Å². The highest BCUT2D eigenvalue weighted by molar-refractivity contribution is 5.96. The van der Waals surface area contributed by atoms with Crippen molar-refractivity contribution in [1.82, 2.24) is 24.2 Å². The Balaban J connectivity index is 1.24. The average Bonchev–Trinajstić information content (AvgIpc) is 3.45. The van der Waals surface area contributed by atoms with Crippen LogP contribution in [0.15, 0.2) is 61.1 Å². The minimum absolute atomic E-state index is 0.0611. The van der Waals surface area contributed by atoms with Gasteiger partial charge in [-0.05, 0) is 61.4 Å². The molecule has 0 saturated carbocycles. The van der Waals surface area contributed by atoms with Crippen LogP contribution in [0, 0.1) is 6.92 Å². The third-order valence-corrected chi connectivity index (χ3v) is 7.39. The highest BCUT2D eigenvalue weighted by atomic mass is 19.3. The Hall–Kier alpha value is -5.11. The second kappa shape index (κ2) is 13.0. The molecule has 0 aliphatic carbocycles. The number of nitrogens with one attached hydrogen (secondary N) is 1. The first-order valence-corrected chi connectivity index (χ1v) is 13.9. The van der Waals surface area contributed by atoms with Gasteiger partial charge in [0.1, 0.15) is 5.75 Å². The Bertz CT molecular complexity index is 1670. The van der Waals surface area contributed by atoms with Crippen molar-refractivity contribution in [2.24, 2.45) is 5.73 Å². The number of carboxylic acid groups (broad SMARTS) is 1. The molecule has 14 heteroatoms. The summed E-state index contributed by atoms with van der Waals surface area (Å²) in [7, 11) is 0. The van der Waals surface area contributed by atoms with Gasteiger partial charge in [-0.25, -0.2) is 9.97 Å². The fourth-order valence-corrected chi connectivity index (χ4v) is 5.08. The number of aromatic nitrogens is 3. The zero-order chi connectivity index (χ0) is 31.4. The number of ether oxygens (including phenoxy) is 1. The van der Waals surface area contributed by atoms with Gasteiger partial charge in [-0.3, -0.25) is 18.8 Å². The summed E-state index contributed by atoms with van der Waals surface area (Å²) in [5.74, 6) is -0.923. The van der Waals surface area contributed by atoms with Crippen molar-refractivity contribution in [3.05, 3.63) is 72.2 Å². The van der Waals surface area contributed by atoms with Crippen LogP contribution in [0.1, 0.15) is 28.8 Å². The summed E-state index contributed by atoms with van der Waals surface area (Å²) in [6.07, 6.45) is 4.91. The van der Waals surface area contributed by atoms with Crippen LogP contribution in [0.2, 0.25) is 0 Å². The van der Waals surface area contributed by atoms with Crippen LogP contribution in [0.4, 0.5) is 20.3 Å². The number of aryl methyl sites for hydroxylation is 1. The predicted octanol–water partition coefficient (Wildman–Crippen LogP) is 3.53. The van der Waals surface area contributed by atoms with E-state index in [0.29, 0.717) is 48.9 Å². The number of carbonyl (C=O) groups is 3. The molecule has 4 N–H and O–H groups in total. The lowest BCUT2D eigenvalue weighted by molar-refractivity contribution is -0.138. The number of piperazine rings is 1. The number of aliphatic carboxylic acids is 1. The van der Waals surface area contributed by atoms with Crippen LogP contribution in [-0.2, 0) is 9.59 Å². The monoisotopic (exact) mass is 607 g/mol. The summed E-state index contributed by atoms with van der Waals surface area (Å²) >= 11 is 0. The highest BCUT2D eigenvalue weighted by Gasteiger charge is 2.28. The van der Waals surface area contributed by atoms with Crippen LogP contribution in [0.25, 0.3) is 16.9 Å². The number of carbonyl (C=O) groups excluding carboxylic acids is 2. The van der Waals surface area contributed by atoms with E-state index < -0.39 is 18.6 Å². The van der Waals surface area contributed by atoms with Gasteiger partial charge in [-0.1, -0.05) is 0 Å². The molecule has 2 aromatic carbocycles. The molecule has 230 valence electrons. The molecule has 1 atom stereocenters. The van der Waals surface area contributed by atoms with E-state index in [4.69, 9.17) is 10.8 Å². The van der Waals surface area contributed by atoms with Crippen LogP contribution in [0.3, 0.4) is 0 Å². The van der Waals surface area contributed by atoms with E-state index >= 15 is 0 Å². The molecule has 1 aliphatic rings. The Morgan fingerprint density at radius 2 is 1.75 bits per heavy atom. The molecule has 0 unspecified atom stereocenters. The van der Waals surface area contributed by atoms with Crippen LogP contribution >= 0.6 is 0 Å². The summed E-state index contributed by atoms with van der Waals surface area (Å²) in [4.78, 5) is 48.8. The van der Waals surface area contributed by atoms with E-state index in [2.05, 4.69) is 20.0 Å². The van der Waals surface area contributed by atoms with E-state index in [0.717, 1.165) is 16.8 Å². The number of hydrogen-bond acceptors (Lipinski definition) is 8. The van der Waals surface area contributed by atoms with Crippen molar-refractivity contribution in [3.63, 3.8) is 0 Å². The van der Waals surface area contributed by atoms with Gasteiger partial charge >= 0.3 is 12.6 Å². The quantitative estimate of drug-likeness (QED) is 0.246. The third kappa shape index (κ3) is 6.75. The normalized spacial score (nSPS) is 14.1. The number of halogens is 2. The lowest BCUT2D eigenvalue weighted by Gasteiger charge is -2.36. The minimum atomic E-state index is -2.90. The van der Waals surface area contributed by atoms with E-state index in [1.165, 1.54) is 12.1 Å². The number of nitrogens with zero attached hydrogens (tertiary/aromatic N) is 5.